The van der Waals surface area contributed by atoms with E-state index in [1.54, 1.807) is 0 Å². The Kier molecular flexibility index (Phi) is 6.13. The molecule has 4 amide bonds. The molecule has 6 nitrogen and oxygen atoms in total. The molecule has 6 heteroatoms. The molecular weight excluding hydrogens is 260 g/mol. The van der Waals surface area contributed by atoms with E-state index < -0.39 is 0 Å². The van der Waals surface area contributed by atoms with Crippen LogP contribution in [0, 0.1) is 0 Å². The predicted octanol–water partition coefficient (Wildman–Crippen LogP) is 0.0846. The number of benzene rings is 1. The van der Waals surface area contributed by atoms with Crippen molar-refractivity contribution in [3.8, 4) is 0 Å². The Balaban J connectivity index is 0.000000151. The van der Waals surface area contributed by atoms with Crippen LogP contribution in [0.3, 0.4) is 0 Å². The molecule has 102 valence electrons. The molecule has 2 heterocycles. The van der Waals surface area contributed by atoms with Gasteiger partial charge in [0.25, 0.3) is 23.6 Å². The minimum absolute atomic E-state index is 0.329. The lowest BCUT2D eigenvalue weighted by atomic mass is 10.4. The predicted molar refractivity (Wildman–Crippen MR) is 71.0 cm³/mol. The average molecular weight is 272 g/mol. The molecule has 0 aromatic heterocycles. The maximum atomic E-state index is 10.0. The van der Waals surface area contributed by atoms with Crippen molar-refractivity contribution in [1.29, 1.82) is 0 Å². The van der Waals surface area contributed by atoms with Crippen molar-refractivity contribution in [1.82, 2.24) is 10.6 Å². The summed E-state index contributed by atoms with van der Waals surface area (Å²) < 4.78 is 0. The molecule has 2 N–H and O–H groups in total. The Morgan fingerprint density at radius 2 is 0.650 bits per heavy atom. The Hall–Kier alpha value is -3.02. The monoisotopic (exact) mass is 272 g/mol. The van der Waals surface area contributed by atoms with Crippen molar-refractivity contribution >= 4 is 23.6 Å². The number of carbonyl (C=O) groups excluding carboxylic acids is 4. The quantitative estimate of drug-likeness (QED) is 0.654. The van der Waals surface area contributed by atoms with E-state index in [0.717, 1.165) is 0 Å². The molecule has 3 rings (SSSR count). The van der Waals surface area contributed by atoms with E-state index in [2.05, 4.69) is 0 Å². The van der Waals surface area contributed by atoms with Gasteiger partial charge >= 0.3 is 0 Å². The van der Waals surface area contributed by atoms with Crippen LogP contribution in [0.1, 0.15) is 0 Å². The largest absolute Gasteiger partial charge is 0.289 e. The van der Waals surface area contributed by atoms with Gasteiger partial charge in [-0.15, -0.1) is 0 Å². The fraction of sp³-hybridized carbons (Fsp3) is 0. The summed E-state index contributed by atoms with van der Waals surface area (Å²) in [6.45, 7) is 0. The van der Waals surface area contributed by atoms with Gasteiger partial charge in [0.05, 0.1) is 0 Å². The molecule has 1 aromatic carbocycles. The fourth-order valence-electron chi connectivity index (χ4n) is 1.10. The van der Waals surface area contributed by atoms with Crippen LogP contribution >= 0.6 is 0 Å². The van der Waals surface area contributed by atoms with Gasteiger partial charge < -0.3 is 0 Å². The zero-order valence-corrected chi connectivity index (χ0v) is 10.4. The third kappa shape index (κ3) is 6.65. The zero-order chi connectivity index (χ0) is 14.8. The van der Waals surface area contributed by atoms with E-state index in [9.17, 15) is 19.2 Å². The third-order valence-electron chi connectivity index (χ3n) is 1.93. The normalized spacial score (nSPS) is 14.8. The lowest BCUT2D eigenvalue weighted by Gasteiger charge is -1.80. The summed E-state index contributed by atoms with van der Waals surface area (Å²) in [6.07, 6.45) is 4.79. The number of carbonyl (C=O) groups is 4. The Labute approximate surface area is 115 Å². The summed E-state index contributed by atoms with van der Waals surface area (Å²) in [6, 6.07) is 12.0. The second-order valence-electron chi connectivity index (χ2n) is 3.53. The summed E-state index contributed by atoms with van der Waals surface area (Å²) in [5.74, 6) is -1.31. The number of hydrogen-bond donors (Lipinski definition) is 2. The lowest BCUT2D eigenvalue weighted by molar-refractivity contribution is -0.125. The van der Waals surface area contributed by atoms with Crippen LogP contribution in [0.15, 0.2) is 60.7 Å². The summed E-state index contributed by atoms with van der Waals surface area (Å²) in [7, 11) is 0. The van der Waals surface area contributed by atoms with Crippen molar-refractivity contribution < 1.29 is 19.2 Å². The van der Waals surface area contributed by atoms with E-state index in [1.807, 2.05) is 47.0 Å². The van der Waals surface area contributed by atoms with Crippen molar-refractivity contribution in [2.45, 2.75) is 0 Å². The number of rotatable bonds is 0. The highest BCUT2D eigenvalue weighted by Gasteiger charge is 2.07. The molecule has 0 spiro atoms. The van der Waals surface area contributed by atoms with E-state index in [1.165, 1.54) is 24.3 Å². The first-order chi connectivity index (χ1) is 9.58. The summed E-state index contributed by atoms with van der Waals surface area (Å²) in [5.41, 5.74) is 0. The highest BCUT2D eigenvalue weighted by Crippen LogP contribution is 1.83. The Bertz CT molecular complexity index is 467. The van der Waals surface area contributed by atoms with Gasteiger partial charge in [0, 0.05) is 24.3 Å². The minimum atomic E-state index is -0.329. The van der Waals surface area contributed by atoms with Crippen LogP contribution in [0.4, 0.5) is 0 Å². The van der Waals surface area contributed by atoms with Gasteiger partial charge in [-0.25, -0.2) is 0 Å². The number of amides is 4. The average Bonchev–Trinajstić information content (AvgIpc) is 3.01. The van der Waals surface area contributed by atoms with Gasteiger partial charge in [-0.3, -0.25) is 29.8 Å². The first-order valence-electron chi connectivity index (χ1n) is 5.64. The molecule has 0 saturated heterocycles. The van der Waals surface area contributed by atoms with Gasteiger partial charge in [0.2, 0.25) is 0 Å². The molecule has 0 fully saturated rings. The SMILES string of the molecule is O=C1C=CC(=O)N1.O=C1C=CC(=O)N1.c1ccccc1. The third-order valence-corrected chi connectivity index (χ3v) is 1.93. The maximum absolute atomic E-state index is 10.0. The molecule has 20 heavy (non-hydrogen) atoms. The van der Waals surface area contributed by atoms with Crippen molar-refractivity contribution in [2.24, 2.45) is 0 Å². The highest BCUT2D eigenvalue weighted by atomic mass is 16.2. The standard InChI is InChI=1S/C6H6.2C4H3NO2/c1-2-4-6-5-3-1;2*6-3-1-2-4(7)5-3/h1-6H;2*1-2H,(H,5,6,7). The van der Waals surface area contributed by atoms with Crippen molar-refractivity contribution in [3.63, 3.8) is 0 Å². The number of nitrogens with one attached hydrogen (secondary N) is 2. The molecular formula is C14H12N2O4. The fourth-order valence-corrected chi connectivity index (χ4v) is 1.10. The lowest BCUT2D eigenvalue weighted by Crippen LogP contribution is -2.19. The van der Waals surface area contributed by atoms with Crippen molar-refractivity contribution in [2.75, 3.05) is 0 Å². The van der Waals surface area contributed by atoms with Crippen LogP contribution in [-0.4, -0.2) is 23.6 Å². The van der Waals surface area contributed by atoms with Gasteiger partial charge in [-0.2, -0.15) is 0 Å². The van der Waals surface area contributed by atoms with Gasteiger partial charge in [-0.05, 0) is 0 Å². The second-order valence-corrected chi connectivity index (χ2v) is 3.53. The van der Waals surface area contributed by atoms with Crippen LogP contribution in [0.2, 0.25) is 0 Å². The second kappa shape index (κ2) is 8.15. The molecule has 1 aromatic rings. The zero-order valence-electron chi connectivity index (χ0n) is 10.4. The van der Waals surface area contributed by atoms with Gasteiger partial charge in [0.1, 0.15) is 0 Å². The minimum Gasteiger partial charge on any atom is -0.289 e. The number of hydrogen-bond acceptors (Lipinski definition) is 4. The van der Waals surface area contributed by atoms with E-state index in [-0.39, 0.29) is 23.6 Å². The first kappa shape index (κ1) is 15.0. The van der Waals surface area contributed by atoms with Crippen LogP contribution < -0.4 is 10.6 Å². The summed E-state index contributed by atoms with van der Waals surface area (Å²) in [5, 5.41) is 4.06. The molecule has 0 radical (unpaired) electrons. The van der Waals surface area contributed by atoms with E-state index in [4.69, 9.17) is 0 Å². The van der Waals surface area contributed by atoms with Crippen LogP contribution in [0.25, 0.3) is 0 Å². The van der Waals surface area contributed by atoms with Gasteiger partial charge in [-0.1, -0.05) is 36.4 Å². The topological polar surface area (TPSA) is 92.3 Å². The van der Waals surface area contributed by atoms with Crippen LogP contribution in [-0.2, 0) is 19.2 Å². The molecule has 2 aliphatic rings. The maximum Gasteiger partial charge on any atom is 0.250 e. The Morgan fingerprint density at radius 1 is 0.450 bits per heavy atom. The summed E-state index contributed by atoms with van der Waals surface area (Å²) >= 11 is 0. The van der Waals surface area contributed by atoms with E-state index in [0.29, 0.717) is 0 Å². The molecule has 0 atom stereocenters. The molecule has 0 unspecified atom stereocenters. The van der Waals surface area contributed by atoms with Gasteiger partial charge in [0.15, 0.2) is 0 Å². The highest BCUT2D eigenvalue weighted by molar-refractivity contribution is 6.13. The van der Waals surface area contributed by atoms with E-state index >= 15 is 0 Å². The summed E-state index contributed by atoms with van der Waals surface area (Å²) in [4.78, 5) is 40.1. The Morgan fingerprint density at radius 3 is 0.750 bits per heavy atom. The van der Waals surface area contributed by atoms with Crippen LogP contribution in [0.5, 0.6) is 0 Å². The molecule has 0 bridgehead atoms. The molecule has 0 aliphatic carbocycles. The molecule has 2 aliphatic heterocycles. The number of imide groups is 2. The smallest absolute Gasteiger partial charge is 0.250 e. The first-order valence-corrected chi connectivity index (χ1v) is 5.64. The molecule has 0 saturated carbocycles. The van der Waals surface area contributed by atoms with Crippen molar-refractivity contribution in [3.05, 3.63) is 60.7 Å².